The van der Waals surface area contributed by atoms with E-state index in [1.54, 1.807) is 28.3 Å². The number of amides is 3. The number of nitrogens with one attached hydrogen (secondary N) is 2. The van der Waals surface area contributed by atoms with E-state index >= 15 is 0 Å². The molecular weight excluding hydrogens is 807 g/mol. The van der Waals surface area contributed by atoms with Crippen molar-refractivity contribution in [3.63, 3.8) is 0 Å². The summed E-state index contributed by atoms with van der Waals surface area (Å²) in [6.45, 7) is 5.69. The molecule has 6 heterocycles. The number of para-hydroxylation sites is 1. The Morgan fingerprint density at radius 3 is 2.31 bits per heavy atom. The molecule has 11 rings (SSSR count). The Morgan fingerprint density at radius 2 is 1.61 bits per heavy atom. The average molecular weight is 862 g/mol. The van der Waals surface area contributed by atoms with E-state index in [1.807, 2.05) is 36.2 Å². The Hall–Kier alpha value is -5.09. The smallest absolute Gasteiger partial charge is 0.329 e. The van der Waals surface area contributed by atoms with Crippen LogP contribution in [0.15, 0.2) is 52.3 Å². The monoisotopic (exact) mass is 861 g/mol. The number of carbonyl (C=O) groups is 3. The first kappa shape index (κ1) is 39.7. The van der Waals surface area contributed by atoms with Gasteiger partial charge in [-0.05, 0) is 119 Å². The highest BCUT2D eigenvalue weighted by Gasteiger charge is 2.61. The quantitative estimate of drug-likeness (QED) is 0.224. The molecule has 3 amide bonds. The van der Waals surface area contributed by atoms with Gasteiger partial charge in [0.2, 0.25) is 23.7 Å². The van der Waals surface area contributed by atoms with Crippen molar-refractivity contribution in [2.45, 2.75) is 131 Å². The van der Waals surface area contributed by atoms with E-state index in [0.29, 0.717) is 41.7 Å². The minimum atomic E-state index is -3.52. The number of rotatable bonds is 8. The molecule has 1 atom stereocenters. The van der Waals surface area contributed by atoms with Gasteiger partial charge in [-0.15, -0.1) is 0 Å². The van der Waals surface area contributed by atoms with E-state index in [-0.39, 0.29) is 35.4 Å². The summed E-state index contributed by atoms with van der Waals surface area (Å²) < 4.78 is 31.2. The number of imide groups is 1. The number of fused-ring (bicyclic) bond motifs is 3. The standard InChI is InChI=1S/C46H55N9O6S/c1-28-24-32(14-15-34(28)48-43-47-25-33-40(50-43)54(30-6-3-4-7-30)42(58)46(33)18-19-46)62(60,61)31-12-10-29(11-13-31)53-26-45(27-53)20-22-52(23-21-45)35-8-5-9-36-39(35)51(2)44(59)55(36)37-16-17-38(56)49-41(37)57/h5,8-9,14-15,24-25,29-31,37H,3-4,6-7,10-13,16-23,26-27H2,1-2H3,(H,47,48,50)(H,49,56,57). The Labute approximate surface area is 361 Å². The normalized spacial score (nSPS) is 26.0. The first-order valence-electron chi connectivity index (χ1n) is 22.7. The highest BCUT2D eigenvalue weighted by molar-refractivity contribution is 7.92. The number of likely N-dealkylation sites (tertiary alicyclic amines) is 1. The Morgan fingerprint density at radius 1 is 0.871 bits per heavy atom. The van der Waals surface area contributed by atoms with E-state index in [2.05, 4.69) is 31.5 Å². The molecule has 3 saturated carbocycles. The van der Waals surface area contributed by atoms with Gasteiger partial charge in [0.15, 0.2) is 9.84 Å². The summed E-state index contributed by atoms with van der Waals surface area (Å²) >= 11 is 0. The van der Waals surface area contributed by atoms with Crippen LogP contribution in [0.25, 0.3) is 11.0 Å². The van der Waals surface area contributed by atoms with Crippen molar-refractivity contribution in [3.8, 4) is 0 Å². The SMILES string of the molecule is Cc1cc(S(=O)(=O)C2CCC(N3CC4(CCN(c5cccc6c5n(C)c(=O)n6C5CCC(=O)NC5=O)CC4)C3)CC2)ccc1Nc1ncc2c(n1)N(C1CCCC1)C(=O)C21CC1. The molecule has 3 aliphatic carbocycles. The fourth-order valence-corrected chi connectivity index (χ4v) is 13.9. The third-order valence-corrected chi connectivity index (χ3v) is 18.1. The van der Waals surface area contributed by atoms with Gasteiger partial charge in [-0.1, -0.05) is 18.9 Å². The van der Waals surface area contributed by atoms with Crippen LogP contribution in [0, 0.1) is 12.3 Å². The minimum Gasteiger partial charge on any atom is -0.370 e. The second kappa shape index (κ2) is 14.5. The minimum absolute atomic E-state index is 0.182. The first-order chi connectivity index (χ1) is 29.9. The first-order valence-corrected chi connectivity index (χ1v) is 24.3. The molecule has 16 heteroatoms. The molecule has 2 N–H and O–H groups in total. The summed E-state index contributed by atoms with van der Waals surface area (Å²) in [4.78, 5) is 68.4. The third kappa shape index (κ3) is 6.24. The van der Waals surface area contributed by atoms with Crippen molar-refractivity contribution < 1.29 is 22.8 Å². The molecule has 326 valence electrons. The lowest BCUT2D eigenvalue weighted by Crippen LogP contribution is -2.63. The summed E-state index contributed by atoms with van der Waals surface area (Å²) in [6, 6.07) is 11.0. The van der Waals surface area contributed by atoms with Gasteiger partial charge in [0.25, 0.3) is 0 Å². The molecular formula is C46H55N9O6S. The van der Waals surface area contributed by atoms with E-state index in [0.717, 1.165) is 124 Å². The molecule has 2 aromatic heterocycles. The molecule has 1 unspecified atom stereocenters. The summed E-state index contributed by atoms with van der Waals surface area (Å²) in [5.41, 5.74) is 4.55. The molecule has 3 saturated heterocycles. The van der Waals surface area contributed by atoms with Gasteiger partial charge >= 0.3 is 5.69 Å². The van der Waals surface area contributed by atoms with Crippen LogP contribution in [-0.2, 0) is 36.7 Å². The number of imidazole rings is 1. The lowest BCUT2D eigenvalue weighted by Gasteiger charge is -2.57. The van der Waals surface area contributed by atoms with Gasteiger partial charge in [-0.25, -0.2) is 18.2 Å². The van der Waals surface area contributed by atoms with E-state index in [9.17, 15) is 27.6 Å². The molecule has 0 radical (unpaired) electrons. The van der Waals surface area contributed by atoms with Gasteiger partial charge in [0, 0.05) is 69.2 Å². The fraction of sp³-hybridized carbons (Fsp3) is 0.565. The molecule has 0 bridgehead atoms. The number of carbonyl (C=O) groups excluding carboxylic acids is 3. The topological polar surface area (TPSA) is 172 Å². The number of sulfone groups is 1. The predicted molar refractivity (Wildman–Crippen MR) is 234 cm³/mol. The lowest BCUT2D eigenvalue weighted by atomic mass is 9.70. The number of benzene rings is 2. The summed E-state index contributed by atoms with van der Waals surface area (Å²) in [5.74, 6) is 0.601. The van der Waals surface area contributed by atoms with Crippen molar-refractivity contribution >= 4 is 61.7 Å². The van der Waals surface area contributed by atoms with Gasteiger partial charge in [-0.3, -0.25) is 38.6 Å². The zero-order valence-corrected chi connectivity index (χ0v) is 36.4. The third-order valence-electron chi connectivity index (χ3n) is 15.8. The van der Waals surface area contributed by atoms with Crippen LogP contribution < -0.4 is 26.1 Å². The predicted octanol–water partition coefficient (Wildman–Crippen LogP) is 5.17. The second-order valence-corrected chi connectivity index (χ2v) is 21.6. The highest BCUT2D eigenvalue weighted by Crippen LogP contribution is 2.58. The van der Waals surface area contributed by atoms with Crippen molar-refractivity contribution in [1.29, 1.82) is 0 Å². The van der Waals surface area contributed by atoms with Crippen molar-refractivity contribution in [1.82, 2.24) is 29.3 Å². The molecule has 4 aromatic rings. The summed E-state index contributed by atoms with van der Waals surface area (Å²) in [6.07, 6.45) is 13.4. The van der Waals surface area contributed by atoms with Crippen LogP contribution in [0.2, 0.25) is 0 Å². The molecule has 62 heavy (non-hydrogen) atoms. The van der Waals surface area contributed by atoms with Crippen LogP contribution in [0.1, 0.15) is 107 Å². The van der Waals surface area contributed by atoms with Crippen molar-refractivity contribution in [3.05, 3.63) is 64.2 Å². The van der Waals surface area contributed by atoms with Crippen LogP contribution in [-0.4, -0.2) is 93.7 Å². The zero-order chi connectivity index (χ0) is 42.7. The molecule has 2 spiro atoms. The Balaban J connectivity index is 0.700. The number of aromatic nitrogens is 4. The second-order valence-electron chi connectivity index (χ2n) is 19.4. The van der Waals surface area contributed by atoms with Gasteiger partial charge in [0.05, 0.1) is 32.3 Å². The van der Waals surface area contributed by atoms with E-state index in [4.69, 9.17) is 4.98 Å². The maximum Gasteiger partial charge on any atom is 0.329 e. The molecule has 4 aliphatic heterocycles. The number of anilines is 4. The van der Waals surface area contributed by atoms with Gasteiger partial charge < -0.3 is 10.2 Å². The molecule has 2 aromatic carbocycles. The fourth-order valence-electron chi connectivity index (χ4n) is 12.0. The van der Waals surface area contributed by atoms with Crippen LogP contribution >= 0.6 is 0 Å². The number of hydrogen-bond donors (Lipinski definition) is 2. The van der Waals surface area contributed by atoms with E-state index < -0.39 is 32.5 Å². The Kier molecular flexibility index (Phi) is 9.28. The van der Waals surface area contributed by atoms with Crippen molar-refractivity contribution in [2.75, 3.05) is 41.3 Å². The van der Waals surface area contributed by atoms with Crippen LogP contribution in [0.5, 0.6) is 0 Å². The number of nitrogens with zero attached hydrogens (tertiary/aromatic N) is 7. The van der Waals surface area contributed by atoms with Gasteiger partial charge in [0.1, 0.15) is 11.9 Å². The zero-order valence-electron chi connectivity index (χ0n) is 35.6. The maximum atomic E-state index is 14.0. The Bertz CT molecular complexity index is 2690. The summed E-state index contributed by atoms with van der Waals surface area (Å²) in [5, 5.41) is 5.31. The number of aryl methyl sites for hydroxylation is 2. The van der Waals surface area contributed by atoms with E-state index in [1.165, 1.54) is 0 Å². The van der Waals surface area contributed by atoms with Crippen molar-refractivity contribution in [2.24, 2.45) is 12.5 Å². The van der Waals surface area contributed by atoms with Gasteiger partial charge in [-0.2, -0.15) is 4.98 Å². The summed E-state index contributed by atoms with van der Waals surface area (Å²) in [7, 11) is -1.77. The number of hydrogen-bond acceptors (Lipinski definition) is 11. The number of piperidine rings is 2. The van der Waals surface area contributed by atoms with Crippen LogP contribution in [0.4, 0.5) is 23.1 Å². The maximum absolute atomic E-state index is 14.0. The lowest BCUT2D eigenvalue weighted by molar-refractivity contribution is -0.135. The molecule has 15 nitrogen and oxygen atoms in total. The highest BCUT2D eigenvalue weighted by atomic mass is 32.2. The molecule has 6 fully saturated rings. The van der Waals surface area contributed by atoms with Crippen LogP contribution in [0.3, 0.4) is 0 Å². The largest absolute Gasteiger partial charge is 0.370 e. The average Bonchev–Trinajstić information content (AvgIpc) is 3.72. The molecule has 7 aliphatic rings.